The summed E-state index contributed by atoms with van der Waals surface area (Å²) in [6.45, 7) is 11.6. The van der Waals surface area contributed by atoms with Crippen LogP contribution in [-0.2, 0) is 16.6 Å². The average Bonchev–Trinajstić information content (AvgIpc) is 3.13. The lowest BCUT2D eigenvalue weighted by atomic mass is 10.2. The van der Waals surface area contributed by atoms with Crippen LogP contribution in [0.4, 0.5) is 0 Å². The Morgan fingerprint density at radius 3 is 2.48 bits per heavy atom. The van der Waals surface area contributed by atoms with Gasteiger partial charge in [-0.3, -0.25) is 9.48 Å². The highest BCUT2D eigenvalue weighted by Gasteiger charge is 2.24. The monoisotopic (exact) mass is 322 g/mol. The molecule has 2 aromatic heterocycles. The smallest absolute Gasteiger partial charge is 0.307 e. The van der Waals surface area contributed by atoms with Crippen molar-refractivity contribution < 1.29 is 9.53 Å². The van der Waals surface area contributed by atoms with Crippen molar-refractivity contribution in [3.63, 3.8) is 0 Å². The third-order valence-electron chi connectivity index (χ3n) is 3.10. The molecule has 0 radical (unpaired) electrons. The number of rotatable bonds is 5. The summed E-state index contributed by atoms with van der Waals surface area (Å²) in [5.74, 6) is 0.213. The lowest BCUT2D eigenvalue weighted by molar-refractivity contribution is -0.159. The van der Waals surface area contributed by atoms with Gasteiger partial charge in [0.25, 0.3) is 0 Å². The van der Waals surface area contributed by atoms with Gasteiger partial charge in [-0.2, -0.15) is 5.10 Å². The largest absolute Gasteiger partial charge is 0.438 e. The van der Waals surface area contributed by atoms with E-state index in [2.05, 4.69) is 20.5 Å². The molecule has 0 N–H and O–H groups in total. The second-order valence-corrected chi connectivity index (χ2v) is 5.21. The molecule has 8 nitrogen and oxygen atoms in total. The van der Waals surface area contributed by atoms with Crippen molar-refractivity contribution >= 4 is 5.97 Å². The van der Waals surface area contributed by atoms with E-state index in [4.69, 9.17) is 4.74 Å². The molecule has 1 unspecified atom stereocenters. The molecule has 0 saturated carbocycles. The maximum absolute atomic E-state index is 11.5. The number of esters is 1. The van der Waals surface area contributed by atoms with E-state index in [-0.39, 0.29) is 11.9 Å². The Hall–Kier alpha value is -2.25. The number of tetrazole rings is 1. The van der Waals surface area contributed by atoms with Crippen molar-refractivity contribution in [1.29, 1.82) is 0 Å². The molecule has 128 valence electrons. The molecule has 23 heavy (non-hydrogen) atoms. The number of nitrogens with zero attached hydrogens (tertiary/aromatic N) is 6. The van der Waals surface area contributed by atoms with Crippen molar-refractivity contribution in [3.8, 4) is 11.5 Å². The predicted molar refractivity (Wildman–Crippen MR) is 86.4 cm³/mol. The highest BCUT2D eigenvalue weighted by Crippen LogP contribution is 2.21. The van der Waals surface area contributed by atoms with Gasteiger partial charge in [-0.15, -0.1) is 15.0 Å². The van der Waals surface area contributed by atoms with Crippen molar-refractivity contribution in [2.24, 2.45) is 13.0 Å². The van der Waals surface area contributed by atoms with E-state index in [1.807, 2.05) is 41.7 Å². The SMILES string of the molecule is CC.CCC(=O)OC(C(C)C)n1nnc(-c2c(C)cnn2C)n1. The molecule has 0 aliphatic carbocycles. The molecule has 0 fully saturated rings. The Morgan fingerprint density at radius 2 is 2.00 bits per heavy atom. The Balaban J connectivity index is 0.00000127. The highest BCUT2D eigenvalue weighted by atomic mass is 16.6. The molecule has 0 saturated heterocycles. The van der Waals surface area contributed by atoms with Gasteiger partial charge in [-0.25, -0.2) is 0 Å². The van der Waals surface area contributed by atoms with E-state index in [0.717, 1.165) is 11.3 Å². The minimum Gasteiger partial charge on any atom is -0.438 e. The van der Waals surface area contributed by atoms with Crippen molar-refractivity contribution in [3.05, 3.63) is 11.8 Å². The quantitative estimate of drug-likeness (QED) is 0.786. The van der Waals surface area contributed by atoms with E-state index in [0.29, 0.717) is 12.2 Å². The number of aromatic nitrogens is 6. The number of carbonyl (C=O) groups is 1. The van der Waals surface area contributed by atoms with Gasteiger partial charge in [0.2, 0.25) is 12.1 Å². The van der Waals surface area contributed by atoms with Gasteiger partial charge in [0.15, 0.2) is 0 Å². The minimum atomic E-state index is -0.563. The predicted octanol–water partition coefficient (Wildman–Crippen LogP) is 2.52. The molecule has 0 aromatic carbocycles. The highest BCUT2D eigenvalue weighted by molar-refractivity contribution is 5.68. The number of aryl methyl sites for hydroxylation is 2. The maximum atomic E-state index is 11.5. The minimum absolute atomic E-state index is 0.0372. The third-order valence-corrected chi connectivity index (χ3v) is 3.10. The summed E-state index contributed by atoms with van der Waals surface area (Å²) in [4.78, 5) is 12.9. The summed E-state index contributed by atoms with van der Waals surface area (Å²) >= 11 is 0. The van der Waals surface area contributed by atoms with E-state index < -0.39 is 6.23 Å². The zero-order chi connectivity index (χ0) is 17.6. The molecule has 0 aliphatic heterocycles. The second-order valence-electron chi connectivity index (χ2n) is 5.21. The fraction of sp³-hybridized carbons (Fsp3) is 0.667. The molecular weight excluding hydrogens is 296 g/mol. The normalized spacial score (nSPS) is 11.8. The second kappa shape index (κ2) is 8.40. The van der Waals surface area contributed by atoms with Gasteiger partial charge >= 0.3 is 5.97 Å². The summed E-state index contributed by atoms with van der Waals surface area (Å²) in [7, 11) is 1.82. The number of ether oxygens (including phenoxy) is 1. The number of hydrogen-bond donors (Lipinski definition) is 0. The number of hydrogen-bond acceptors (Lipinski definition) is 6. The zero-order valence-corrected chi connectivity index (χ0v) is 14.9. The van der Waals surface area contributed by atoms with Crippen LogP contribution in [0.1, 0.15) is 52.8 Å². The summed E-state index contributed by atoms with van der Waals surface area (Å²) in [6, 6.07) is 0. The molecule has 2 rings (SSSR count). The molecule has 2 aromatic rings. The first kappa shape index (κ1) is 18.8. The van der Waals surface area contributed by atoms with Gasteiger partial charge < -0.3 is 4.74 Å². The Kier molecular flexibility index (Phi) is 6.87. The standard InChI is InChI=1S/C13H20N6O2.C2H6/c1-6-10(20)21-13(8(2)3)19-16-12(15-17-19)11-9(4)7-14-18(11)5;1-2/h7-8,13H,6H2,1-5H3;1-2H3. The van der Waals surface area contributed by atoms with Crippen LogP contribution >= 0.6 is 0 Å². The Morgan fingerprint density at radius 1 is 1.35 bits per heavy atom. The summed E-state index contributed by atoms with van der Waals surface area (Å²) in [5, 5.41) is 16.6. The summed E-state index contributed by atoms with van der Waals surface area (Å²) in [6.07, 6.45) is 1.49. The van der Waals surface area contributed by atoms with Crippen LogP contribution in [0.2, 0.25) is 0 Å². The van der Waals surface area contributed by atoms with Crippen molar-refractivity contribution in [2.75, 3.05) is 0 Å². The van der Waals surface area contributed by atoms with Crippen molar-refractivity contribution in [2.45, 2.75) is 54.2 Å². The number of carbonyl (C=O) groups excluding carboxylic acids is 1. The lowest BCUT2D eigenvalue weighted by Crippen LogP contribution is -2.24. The molecule has 0 bridgehead atoms. The van der Waals surface area contributed by atoms with Crippen LogP contribution in [0, 0.1) is 12.8 Å². The lowest BCUT2D eigenvalue weighted by Gasteiger charge is -2.19. The van der Waals surface area contributed by atoms with E-state index >= 15 is 0 Å². The first-order valence-electron chi connectivity index (χ1n) is 7.92. The van der Waals surface area contributed by atoms with Crippen LogP contribution in [0.25, 0.3) is 11.5 Å². The molecule has 2 heterocycles. The fourth-order valence-electron chi connectivity index (χ4n) is 1.96. The van der Waals surface area contributed by atoms with Crippen LogP contribution in [0.3, 0.4) is 0 Å². The first-order chi connectivity index (χ1) is 10.9. The maximum Gasteiger partial charge on any atom is 0.307 e. The molecule has 0 spiro atoms. The van der Waals surface area contributed by atoms with Crippen LogP contribution in [-0.4, -0.2) is 36.0 Å². The van der Waals surface area contributed by atoms with Gasteiger partial charge in [-0.05, 0) is 17.7 Å². The van der Waals surface area contributed by atoms with Gasteiger partial charge in [0.1, 0.15) is 5.69 Å². The topological polar surface area (TPSA) is 87.7 Å². The summed E-state index contributed by atoms with van der Waals surface area (Å²) < 4.78 is 7.07. The molecule has 0 amide bonds. The fourth-order valence-corrected chi connectivity index (χ4v) is 1.96. The first-order valence-corrected chi connectivity index (χ1v) is 7.92. The Labute approximate surface area is 136 Å². The third kappa shape index (κ3) is 4.37. The van der Waals surface area contributed by atoms with Crippen LogP contribution < -0.4 is 0 Å². The summed E-state index contributed by atoms with van der Waals surface area (Å²) in [5.41, 5.74) is 1.76. The van der Waals surface area contributed by atoms with Crippen molar-refractivity contribution in [1.82, 2.24) is 30.0 Å². The van der Waals surface area contributed by atoms with Crippen LogP contribution in [0.5, 0.6) is 0 Å². The van der Waals surface area contributed by atoms with Gasteiger partial charge in [0.05, 0.1) is 6.20 Å². The van der Waals surface area contributed by atoms with Crippen LogP contribution in [0.15, 0.2) is 6.20 Å². The Bertz CT molecular complexity index is 612. The van der Waals surface area contributed by atoms with E-state index in [1.54, 1.807) is 17.8 Å². The van der Waals surface area contributed by atoms with E-state index in [9.17, 15) is 4.79 Å². The average molecular weight is 322 g/mol. The van der Waals surface area contributed by atoms with Gasteiger partial charge in [-0.1, -0.05) is 34.6 Å². The molecule has 0 aliphatic rings. The molecule has 1 atom stereocenters. The van der Waals surface area contributed by atoms with Gasteiger partial charge in [0, 0.05) is 19.4 Å². The van der Waals surface area contributed by atoms with E-state index in [1.165, 1.54) is 4.80 Å². The molecule has 8 heteroatoms. The zero-order valence-electron chi connectivity index (χ0n) is 14.9. The molecular formula is C15H26N6O2.